The van der Waals surface area contributed by atoms with E-state index in [9.17, 15) is 14.5 Å². The fourth-order valence-electron chi connectivity index (χ4n) is 0.886. The molecule has 0 aliphatic rings. The molecule has 0 fully saturated rings. The zero-order valence-corrected chi connectivity index (χ0v) is 8.88. The quantitative estimate of drug-likeness (QED) is 0.185. The number of carbonyl (C=O) groups is 1. The van der Waals surface area contributed by atoms with Gasteiger partial charge in [0.05, 0.1) is 6.04 Å². The Bertz CT molecular complexity index is 280. The van der Waals surface area contributed by atoms with Gasteiger partial charge in [0.2, 0.25) is 0 Å². The van der Waals surface area contributed by atoms with Crippen molar-refractivity contribution in [1.29, 1.82) is 0 Å². The lowest BCUT2D eigenvalue weighted by molar-refractivity contribution is -0.120. The first-order valence-electron chi connectivity index (χ1n) is 4.11. The van der Waals surface area contributed by atoms with Crippen molar-refractivity contribution in [2.75, 3.05) is 0 Å². The van der Waals surface area contributed by atoms with Crippen LogP contribution in [0, 0.1) is 0 Å². The predicted octanol–water partition coefficient (Wildman–Crippen LogP) is -3.91. The molecule has 1 unspecified atom stereocenters. The molecule has 0 aliphatic carbocycles. The van der Waals surface area contributed by atoms with Gasteiger partial charge < -0.3 is 40.7 Å². The molecule has 0 saturated carbocycles. The van der Waals surface area contributed by atoms with Crippen LogP contribution in [0.5, 0.6) is 0 Å². The molecular weight excluding hydrogens is 245 g/mol. The lowest BCUT2D eigenvalue weighted by Gasteiger charge is -2.27. The van der Waals surface area contributed by atoms with Crippen LogP contribution in [0.1, 0.15) is 0 Å². The number of hydrogen-bond acceptors (Lipinski definition) is 7. The molecule has 0 heterocycles. The van der Waals surface area contributed by atoms with Gasteiger partial charge in [0.15, 0.2) is 5.85 Å². The minimum atomic E-state index is -5.04. The third-order valence-electron chi connectivity index (χ3n) is 1.90. The fourth-order valence-corrected chi connectivity index (χ4v) is 1.46. The summed E-state index contributed by atoms with van der Waals surface area (Å²) in [6.45, 7) is 0. The van der Waals surface area contributed by atoms with Crippen LogP contribution in [-0.4, -0.2) is 66.7 Å². The molecule has 0 saturated heterocycles. The third kappa shape index (κ3) is 3.89. The number of aliphatic hydroxyl groups excluding tert-OH is 4. The number of rotatable bonds is 6. The molecular formula is C6H14NO8P. The maximum Gasteiger partial charge on any atom is 0.356 e. The topological polar surface area (TPSA) is 182 Å². The highest BCUT2D eigenvalue weighted by atomic mass is 31.2. The van der Waals surface area contributed by atoms with Gasteiger partial charge in [0.25, 0.3) is 0 Å². The summed E-state index contributed by atoms with van der Waals surface area (Å²) in [5, 5.41) is 36.3. The van der Waals surface area contributed by atoms with Crippen LogP contribution in [0.2, 0.25) is 0 Å². The SMILES string of the molecule is N[C@@H](C=O)[C@@H](O)[C@H](O)[C@H](O)C(O)P(=O)(O)O. The Labute approximate surface area is 90.3 Å². The van der Waals surface area contributed by atoms with E-state index in [2.05, 4.69) is 0 Å². The minimum Gasteiger partial charge on any atom is -0.388 e. The number of hydrogen-bond donors (Lipinski definition) is 7. The first-order chi connectivity index (χ1) is 7.12. The lowest BCUT2D eigenvalue weighted by atomic mass is 10.0. The average molecular weight is 259 g/mol. The van der Waals surface area contributed by atoms with E-state index in [1.54, 1.807) is 0 Å². The molecule has 10 heteroatoms. The van der Waals surface area contributed by atoms with Crippen LogP contribution in [0.4, 0.5) is 0 Å². The average Bonchev–Trinajstić information content (AvgIpc) is 2.22. The van der Waals surface area contributed by atoms with Crippen LogP contribution >= 0.6 is 7.60 Å². The molecule has 5 atom stereocenters. The minimum absolute atomic E-state index is 0.0739. The van der Waals surface area contributed by atoms with E-state index in [4.69, 9.17) is 30.8 Å². The summed E-state index contributed by atoms with van der Waals surface area (Å²) in [6.07, 6.45) is -6.37. The molecule has 0 aromatic rings. The maximum absolute atomic E-state index is 10.5. The number of carbonyl (C=O) groups excluding carboxylic acids is 1. The van der Waals surface area contributed by atoms with Gasteiger partial charge in [0, 0.05) is 0 Å². The van der Waals surface area contributed by atoms with Crippen molar-refractivity contribution in [3.8, 4) is 0 Å². The molecule has 0 spiro atoms. The van der Waals surface area contributed by atoms with Crippen LogP contribution in [0.25, 0.3) is 0 Å². The predicted molar refractivity (Wildman–Crippen MR) is 50.1 cm³/mol. The molecule has 16 heavy (non-hydrogen) atoms. The largest absolute Gasteiger partial charge is 0.388 e. The van der Waals surface area contributed by atoms with E-state index in [1.807, 2.05) is 0 Å². The highest BCUT2D eigenvalue weighted by Gasteiger charge is 2.41. The van der Waals surface area contributed by atoms with Crippen molar-refractivity contribution in [1.82, 2.24) is 0 Å². The Morgan fingerprint density at radius 3 is 1.75 bits per heavy atom. The second-order valence-electron chi connectivity index (χ2n) is 3.19. The summed E-state index contributed by atoms with van der Waals surface area (Å²) in [7, 11) is -5.04. The van der Waals surface area contributed by atoms with E-state index in [1.165, 1.54) is 0 Å². The van der Waals surface area contributed by atoms with Crippen molar-refractivity contribution in [3.05, 3.63) is 0 Å². The summed E-state index contributed by atoms with van der Waals surface area (Å²) >= 11 is 0. The van der Waals surface area contributed by atoms with E-state index in [0.717, 1.165) is 0 Å². The van der Waals surface area contributed by atoms with Gasteiger partial charge in [-0.25, -0.2) is 0 Å². The molecule has 96 valence electrons. The molecule has 0 bridgehead atoms. The smallest absolute Gasteiger partial charge is 0.356 e. The maximum atomic E-state index is 10.5. The second-order valence-corrected chi connectivity index (χ2v) is 4.90. The molecule has 0 aliphatic heterocycles. The standard InChI is InChI=1S/C6H14NO8P/c7-2(1-8)3(9)4(10)5(11)6(12)16(13,14)15/h1-6,9-12H,7H2,(H2,13,14,15)/t2-,3+,4-,5-,6?/m0/s1. The van der Waals surface area contributed by atoms with E-state index in [-0.39, 0.29) is 6.29 Å². The van der Waals surface area contributed by atoms with Crippen LogP contribution in [-0.2, 0) is 9.36 Å². The first kappa shape index (κ1) is 15.6. The summed E-state index contributed by atoms with van der Waals surface area (Å²) in [6, 6.07) is -1.55. The summed E-state index contributed by atoms with van der Waals surface area (Å²) < 4.78 is 10.5. The van der Waals surface area contributed by atoms with Crippen molar-refractivity contribution in [3.63, 3.8) is 0 Å². The Balaban J connectivity index is 4.67. The molecule has 9 nitrogen and oxygen atoms in total. The molecule has 8 N–H and O–H groups in total. The van der Waals surface area contributed by atoms with E-state index >= 15 is 0 Å². The van der Waals surface area contributed by atoms with E-state index in [0.29, 0.717) is 0 Å². The van der Waals surface area contributed by atoms with Crippen molar-refractivity contribution < 1.29 is 39.6 Å². The Kier molecular flexibility index (Phi) is 5.66. The van der Waals surface area contributed by atoms with Crippen molar-refractivity contribution in [2.45, 2.75) is 30.2 Å². The number of nitrogens with two attached hydrogens (primary N) is 1. The second kappa shape index (κ2) is 5.80. The Morgan fingerprint density at radius 1 is 1.00 bits per heavy atom. The third-order valence-corrected chi connectivity index (χ3v) is 2.90. The normalized spacial score (nSPS) is 21.9. The molecule has 0 aromatic carbocycles. The zero-order chi connectivity index (χ0) is 13.1. The van der Waals surface area contributed by atoms with Crippen LogP contribution in [0.15, 0.2) is 0 Å². The Hall–Kier alpha value is -0.380. The van der Waals surface area contributed by atoms with Gasteiger partial charge in [-0.3, -0.25) is 4.57 Å². The monoisotopic (exact) mass is 259 g/mol. The number of aldehydes is 1. The Morgan fingerprint density at radius 2 is 1.44 bits per heavy atom. The number of aliphatic hydroxyl groups is 4. The van der Waals surface area contributed by atoms with Crippen LogP contribution in [0.3, 0.4) is 0 Å². The van der Waals surface area contributed by atoms with E-state index < -0.39 is 37.8 Å². The fraction of sp³-hybridized carbons (Fsp3) is 0.833. The lowest BCUT2D eigenvalue weighted by Crippen LogP contribution is -2.52. The summed E-state index contributed by atoms with van der Waals surface area (Å²) in [5.41, 5.74) is 5.00. The van der Waals surface area contributed by atoms with Crippen molar-refractivity contribution in [2.24, 2.45) is 5.73 Å². The van der Waals surface area contributed by atoms with Gasteiger partial charge in [-0.1, -0.05) is 0 Å². The summed E-state index contributed by atoms with van der Waals surface area (Å²) in [5.74, 6) is -2.57. The molecule has 0 aromatic heterocycles. The van der Waals surface area contributed by atoms with Crippen molar-refractivity contribution >= 4 is 13.9 Å². The van der Waals surface area contributed by atoms with Gasteiger partial charge in [0.1, 0.15) is 24.6 Å². The van der Waals surface area contributed by atoms with Gasteiger partial charge in [-0.05, 0) is 0 Å². The van der Waals surface area contributed by atoms with Gasteiger partial charge >= 0.3 is 7.60 Å². The van der Waals surface area contributed by atoms with Gasteiger partial charge in [-0.15, -0.1) is 0 Å². The van der Waals surface area contributed by atoms with Crippen LogP contribution < -0.4 is 5.73 Å². The molecule has 0 rings (SSSR count). The molecule has 0 radical (unpaired) electrons. The summed E-state index contributed by atoms with van der Waals surface area (Å²) in [4.78, 5) is 27.1. The van der Waals surface area contributed by atoms with Gasteiger partial charge in [-0.2, -0.15) is 0 Å². The first-order valence-corrected chi connectivity index (χ1v) is 5.79. The molecule has 0 amide bonds. The zero-order valence-electron chi connectivity index (χ0n) is 7.99. The highest BCUT2D eigenvalue weighted by molar-refractivity contribution is 7.52. The highest BCUT2D eigenvalue weighted by Crippen LogP contribution is 2.42.